The number of nitrogens with one attached hydrogen (secondary N) is 1. The summed E-state index contributed by atoms with van der Waals surface area (Å²) in [5.74, 6) is -0.398. The Morgan fingerprint density at radius 2 is 1.59 bits per heavy atom. The van der Waals surface area contributed by atoms with Gasteiger partial charge in [0.05, 0.1) is 17.7 Å². The zero-order valence-corrected chi connectivity index (χ0v) is 16.4. The molecule has 0 atom stereocenters. The monoisotopic (exact) mass is 394 g/mol. The van der Waals surface area contributed by atoms with Crippen molar-refractivity contribution in [2.45, 2.75) is 68.7 Å². The van der Waals surface area contributed by atoms with Crippen LogP contribution in [-0.2, 0) is 19.6 Å². The van der Waals surface area contributed by atoms with E-state index < -0.39 is 10.0 Å². The molecule has 7 nitrogen and oxygen atoms in total. The first-order chi connectivity index (χ1) is 12.9. The van der Waals surface area contributed by atoms with Crippen molar-refractivity contribution in [3.8, 4) is 5.75 Å². The molecular formula is C19H26N2O5S. The van der Waals surface area contributed by atoms with Gasteiger partial charge in [-0.05, 0) is 31.0 Å². The van der Waals surface area contributed by atoms with E-state index in [9.17, 15) is 18.0 Å². The SMILES string of the molecule is COc1ccc(S(=O)(=O)NC2CCCCCCC2)cc1N1C(=O)CCC1=O. The molecular weight excluding hydrogens is 368 g/mol. The lowest BCUT2D eigenvalue weighted by atomic mass is 9.97. The molecule has 1 saturated heterocycles. The van der Waals surface area contributed by atoms with E-state index in [4.69, 9.17) is 4.74 Å². The largest absolute Gasteiger partial charge is 0.495 e. The first-order valence-electron chi connectivity index (χ1n) is 9.48. The number of ether oxygens (including phenoxy) is 1. The van der Waals surface area contributed by atoms with E-state index in [0.29, 0.717) is 5.75 Å². The highest BCUT2D eigenvalue weighted by Gasteiger charge is 2.33. The third-order valence-corrected chi connectivity index (χ3v) is 6.70. The maximum absolute atomic E-state index is 12.9. The smallest absolute Gasteiger partial charge is 0.240 e. The second-order valence-corrected chi connectivity index (χ2v) is 8.83. The van der Waals surface area contributed by atoms with Crippen molar-refractivity contribution >= 4 is 27.5 Å². The molecule has 2 fully saturated rings. The summed E-state index contributed by atoms with van der Waals surface area (Å²) in [7, 11) is -2.33. The fourth-order valence-corrected chi connectivity index (χ4v) is 5.04. The molecule has 1 heterocycles. The quantitative estimate of drug-likeness (QED) is 0.775. The van der Waals surface area contributed by atoms with Gasteiger partial charge in [0.2, 0.25) is 21.8 Å². The number of hydrogen-bond acceptors (Lipinski definition) is 5. The number of rotatable bonds is 5. The van der Waals surface area contributed by atoms with E-state index in [1.165, 1.54) is 31.7 Å². The number of methoxy groups -OCH3 is 1. The molecule has 8 heteroatoms. The van der Waals surface area contributed by atoms with Crippen LogP contribution in [0.2, 0.25) is 0 Å². The number of carbonyl (C=O) groups excluding carboxylic acids is 2. The predicted octanol–water partition coefficient (Wildman–Crippen LogP) is 2.74. The summed E-state index contributed by atoms with van der Waals surface area (Å²) in [6, 6.07) is 4.20. The number of carbonyl (C=O) groups is 2. The summed E-state index contributed by atoms with van der Waals surface area (Å²) >= 11 is 0. The molecule has 0 radical (unpaired) electrons. The maximum Gasteiger partial charge on any atom is 0.240 e. The number of benzene rings is 1. The minimum absolute atomic E-state index is 0.0351. The maximum atomic E-state index is 12.9. The fourth-order valence-electron chi connectivity index (χ4n) is 3.72. The number of amides is 2. The second-order valence-electron chi connectivity index (χ2n) is 7.12. The molecule has 1 aliphatic heterocycles. The van der Waals surface area contributed by atoms with Crippen LogP contribution in [0, 0.1) is 0 Å². The number of nitrogens with zero attached hydrogens (tertiary/aromatic N) is 1. The zero-order valence-electron chi connectivity index (χ0n) is 15.6. The van der Waals surface area contributed by atoms with E-state index in [2.05, 4.69) is 4.72 Å². The van der Waals surface area contributed by atoms with Gasteiger partial charge < -0.3 is 4.74 Å². The lowest BCUT2D eigenvalue weighted by Gasteiger charge is -2.22. The van der Waals surface area contributed by atoms with Gasteiger partial charge in [-0.1, -0.05) is 32.1 Å². The first-order valence-corrected chi connectivity index (χ1v) is 11.0. The standard InChI is InChI=1S/C19H26N2O5S/c1-26-17-10-9-15(13-16(17)21-18(22)11-12-19(21)23)27(24,25)20-14-7-5-3-2-4-6-8-14/h9-10,13-14,20H,2-8,11-12H2,1H3. The van der Waals surface area contributed by atoms with Gasteiger partial charge in [0, 0.05) is 18.9 Å². The summed E-state index contributed by atoms with van der Waals surface area (Å²) < 4.78 is 33.8. The number of sulfonamides is 1. The molecule has 1 aromatic carbocycles. The van der Waals surface area contributed by atoms with Crippen molar-refractivity contribution in [3.63, 3.8) is 0 Å². The summed E-state index contributed by atoms with van der Waals surface area (Å²) in [5, 5.41) is 0. The highest BCUT2D eigenvalue weighted by Crippen LogP contribution is 2.34. The Balaban J connectivity index is 1.88. The van der Waals surface area contributed by atoms with Gasteiger partial charge >= 0.3 is 0 Å². The Hall–Kier alpha value is -1.93. The first kappa shape index (κ1) is 19.8. The fraction of sp³-hybridized carbons (Fsp3) is 0.579. The van der Waals surface area contributed by atoms with Crippen LogP contribution in [0.5, 0.6) is 5.75 Å². The van der Waals surface area contributed by atoms with Crippen molar-refractivity contribution in [2.75, 3.05) is 12.0 Å². The molecule has 0 bridgehead atoms. The van der Waals surface area contributed by atoms with Crippen molar-refractivity contribution in [1.29, 1.82) is 0 Å². The van der Waals surface area contributed by atoms with Gasteiger partial charge in [0.1, 0.15) is 5.75 Å². The Kier molecular flexibility index (Phi) is 6.16. The molecule has 1 N–H and O–H groups in total. The Morgan fingerprint density at radius 1 is 1.00 bits per heavy atom. The zero-order chi connectivity index (χ0) is 19.4. The van der Waals surface area contributed by atoms with Crippen LogP contribution in [-0.4, -0.2) is 33.4 Å². The average Bonchev–Trinajstić information content (AvgIpc) is 2.95. The number of hydrogen-bond donors (Lipinski definition) is 1. The van der Waals surface area contributed by atoms with Crippen LogP contribution in [0.4, 0.5) is 5.69 Å². The van der Waals surface area contributed by atoms with Gasteiger partial charge in [-0.25, -0.2) is 18.0 Å². The van der Waals surface area contributed by atoms with Crippen LogP contribution in [0.25, 0.3) is 0 Å². The second kappa shape index (κ2) is 8.39. The Labute approximate surface area is 160 Å². The van der Waals surface area contributed by atoms with E-state index in [-0.39, 0.29) is 41.3 Å². The molecule has 1 aliphatic carbocycles. The van der Waals surface area contributed by atoms with Crippen LogP contribution in [0.1, 0.15) is 57.8 Å². The Bertz CT molecular complexity index is 797. The number of anilines is 1. The van der Waals surface area contributed by atoms with Gasteiger partial charge in [-0.2, -0.15) is 0 Å². The molecule has 0 unspecified atom stereocenters. The van der Waals surface area contributed by atoms with Crippen molar-refractivity contribution in [1.82, 2.24) is 4.72 Å². The highest BCUT2D eigenvalue weighted by atomic mass is 32.2. The van der Waals surface area contributed by atoms with Crippen molar-refractivity contribution in [2.24, 2.45) is 0 Å². The molecule has 148 valence electrons. The molecule has 3 rings (SSSR count). The highest BCUT2D eigenvalue weighted by molar-refractivity contribution is 7.89. The molecule has 2 amide bonds. The molecule has 0 spiro atoms. The summed E-state index contributed by atoms with van der Waals surface area (Å²) in [6.07, 6.45) is 7.39. The van der Waals surface area contributed by atoms with Crippen LogP contribution in [0.3, 0.4) is 0 Å². The normalized spacial score (nSPS) is 19.8. The minimum Gasteiger partial charge on any atom is -0.495 e. The van der Waals surface area contributed by atoms with Gasteiger partial charge in [-0.3, -0.25) is 9.59 Å². The molecule has 1 aromatic rings. The average molecular weight is 394 g/mol. The van der Waals surface area contributed by atoms with Crippen LogP contribution < -0.4 is 14.4 Å². The Morgan fingerprint density at radius 3 is 2.19 bits per heavy atom. The van der Waals surface area contributed by atoms with E-state index >= 15 is 0 Å². The summed E-state index contributed by atoms with van der Waals surface area (Å²) in [4.78, 5) is 25.2. The predicted molar refractivity (Wildman–Crippen MR) is 101 cm³/mol. The topological polar surface area (TPSA) is 92.8 Å². The van der Waals surface area contributed by atoms with Crippen molar-refractivity contribution in [3.05, 3.63) is 18.2 Å². The lowest BCUT2D eigenvalue weighted by molar-refractivity contribution is -0.121. The van der Waals surface area contributed by atoms with Gasteiger partial charge in [-0.15, -0.1) is 0 Å². The molecule has 2 aliphatic rings. The third-order valence-electron chi connectivity index (χ3n) is 5.18. The van der Waals surface area contributed by atoms with Gasteiger partial charge in [0.25, 0.3) is 0 Å². The lowest BCUT2D eigenvalue weighted by Crippen LogP contribution is -2.35. The third kappa shape index (κ3) is 4.50. The van der Waals surface area contributed by atoms with Crippen molar-refractivity contribution < 1.29 is 22.7 Å². The summed E-state index contributed by atoms with van der Waals surface area (Å²) in [6.45, 7) is 0. The van der Waals surface area contributed by atoms with E-state index in [1.54, 1.807) is 0 Å². The van der Waals surface area contributed by atoms with Crippen LogP contribution >= 0.6 is 0 Å². The van der Waals surface area contributed by atoms with E-state index in [0.717, 1.165) is 43.4 Å². The minimum atomic E-state index is -3.75. The van der Waals surface area contributed by atoms with E-state index in [1.807, 2.05) is 0 Å². The molecule has 27 heavy (non-hydrogen) atoms. The van der Waals surface area contributed by atoms with Gasteiger partial charge in [0.15, 0.2) is 0 Å². The molecule has 1 saturated carbocycles. The number of imide groups is 1. The molecule has 0 aromatic heterocycles. The van der Waals surface area contributed by atoms with Crippen LogP contribution in [0.15, 0.2) is 23.1 Å². The summed E-state index contributed by atoms with van der Waals surface area (Å²) in [5.41, 5.74) is 0.186.